The van der Waals surface area contributed by atoms with Gasteiger partial charge in [0.25, 0.3) is 0 Å². The first kappa shape index (κ1) is 15.4. The van der Waals surface area contributed by atoms with E-state index in [9.17, 15) is 0 Å². The number of benzene rings is 2. The second-order valence-corrected chi connectivity index (χ2v) is 6.88. The molecule has 0 saturated carbocycles. The van der Waals surface area contributed by atoms with Crippen molar-refractivity contribution in [1.82, 2.24) is 0 Å². The van der Waals surface area contributed by atoms with Gasteiger partial charge in [-0.25, -0.2) is 0 Å². The van der Waals surface area contributed by atoms with Gasteiger partial charge in [-0.3, -0.25) is 0 Å². The van der Waals surface area contributed by atoms with E-state index in [1.165, 1.54) is 15.4 Å². The van der Waals surface area contributed by atoms with Gasteiger partial charge in [0.2, 0.25) is 0 Å². The molecule has 3 heteroatoms. The van der Waals surface area contributed by atoms with Crippen LogP contribution in [0.3, 0.4) is 0 Å². The molecule has 0 aromatic heterocycles. The summed E-state index contributed by atoms with van der Waals surface area (Å²) in [7, 11) is 0. The molecule has 2 aromatic rings. The molecular weight excluding hydrogens is 286 g/mol. The molecule has 106 valence electrons. The van der Waals surface area contributed by atoms with Crippen LogP contribution < -0.4 is 5.73 Å². The van der Waals surface area contributed by atoms with Crippen molar-refractivity contribution in [3.8, 4) is 0 Å². The molecule has 0 aliphatic rings. The molecule has 0 heterocycles. The molecule has 2 rings (SSSR count). The third kappa shape index (κ3) is 4.27. The SMILES string of the molecule is CC(C)C[C@H](N)c1ccccc1Sc1ccc(Cl)cc1. The maximum atomic E-state index is 6.34. The van der Waals surface area contributed by atoms with E-state index in [4.69, 9.17) is 17.3 Å². The lowest BCUT2D eigenvalue weighted by Crippen LogP contribution is -2.13. The minimum absolute atomic E-state index is 0.0889. The van der Waals surface area contributed by atoms with Crippen molar-refractivity contribution < 1.29 is 0 Å². The van der Waals surface area contributed by atoms with Crippen LogP contribution in [0.5, 0.6) is 0 Å². The Hall–Kier alpha value is -0.960. The highest BCUT2D eigenvalue weighted by atomic mass is 35.5. The fraction of sp³-hybridized carbons (Fsp3) is 0.294. The number of halogens is 1. The Morgan fingerprint density at radius 1 is 1.05 bits per heavy atom. The maximum absolute atomic E-state index is 6.34. The van der Waals surface area contributed by atoms with E-state index in [-0.39, 0.29) is 6.04 Å². The van der Waals surface area contributed by atoms with Gasteiger partial charge in [-0.2, -0.15) is 0 Å². The first-order valence-electron chi connectivity index (χ1n) is 6.84. The van der Waals surface area contributed by atoms with Crippen molar-refractivity contribution in [1.29, 1.82) is 0 Å². The summed E-state index contributed by atoms with van der Waals surface area (Å²) in [5, 5.41) is 0.763. The van der Waals surface area contributed by atoms with Gasteiger partial charge in [0.1, 0.15) is 0 Å². The largest absolute Gasteiger partial charge is 0.324 e. The van der Waals surface area contributed by atoms with Crippen molar-refractivity contribution in [3.05, 3.63) is 59.1 Å². The second kappa shape index (κ2) is 7.16. The fourth-order valence-corrected chi connectivity index (χ4v) is 3.28. The Morgan fingerprint density at radius 2 is 1.70 bits per heavy atom. The van der Waals surface area contributed by atoms with Crippen LogP contribution in [0.25, 0.3) is 0 Å². The van der Waals surface area contributed by atoms with Crippen molar-refractivity contribution in [3.63, 3.8) is 0 Å². The minimum Gasteiger partial charge on any atom is -0.324 e. The first-order valence-corrected chi connectivity index (χ1v) is 8.03. The van der Waals surface area contributed by atoms with E-state index in [0.29, 0.717) is 5.92 Å². The Kier molecular flexibility index (Phi) is 5.53. The lowest BCUT2D eigenvalue weighted by atomic mass is 9.98. The van der Waals surface area contributed by atoms with E-state index < -0.39 is 0 Å². The Labute approximate surface area is 130 Å². The highest BCUT2D eigenvalue weighted by Gasteiger charge is 2.13. The summed E-state index contributed by atoms with van der Waals surface area (Å²) in [5.41, 5.74) is 7.56. The van der Waals surface area contributed by atoms with Crippen LogP contribution in [0.4, 0.5) is 0 Å². The summed E-state index contributed by atoms with van der Waals surface area (Å²) in [5.74, 6) is 0.596. The molecule has 1 nitrogen and oxygen atoms in total. The number of hydrogen-bond donors (Lipinski definition) is 1. The normalized spacial score (nSPS) is 12.7. The quantitative estimate of drug-likeness (QED) is 0.785. The van der Waals surface area contributed by atoms with Crippen LogP contribution in [0.15, 0.2) is 58.3 Å². The summed E-state index contributed by atoms with van der Waals surface area (Å²) in [6, 6.07) is 16.4. The van der Waals surface area contributed by atoms with Crippen LogP contribution in [0.2, 0.25) is 5.02 Å². The smallest absolute Gasteiger partial charge is 0.0406 e. The van der Waals surface area contributed by atoms with Crippen molar-refractivity contribution in [2.45, 2.75) is 36.1 Å². The summed E-state index contributed by atoms with van der Waals surface area (Å²) in [6.45, 7) is 4.41. The average molecular weight is 306 g/mol. The highest BCUT2D eigenvalue weighted by molar-refractivity contribution is 7.99. The van der Waals surface area contributed by atoms with Crippen molar-refractivity contribution >= 4 is 23.4 Å². The molecule has 0 aliphatic carbocycles. The molecular formula is C17H20ClNS. The Balaban J connectivity index is 2.21. The molecule has 20 heavy (non-hydrogen) atoms. The highest BCUT2D eigenvalue weighted by Crippen LogP contribution is 2.34. The summed E-state index contributed by atoms with van der Waals surface area (Å²) < 4.78 is 0. The van der Waals surface area contributed by atoms with E-state index in [0.717, 1.165) is 11.4 Å². The van der Waals surface area contributed by atoms with Crippen LogP contribution in [0, 0.1) is 5.92 Å². The molecule has 0 fully saturated rings. The van der Waals surface area contributed by atoms with E-state index in [2.05, 4.69) is 38.1 Å². The molecule has 0 unspecified atom stereocenters. The Morgan fingerprint density at radius 3 is 2.35 bits per heavy atom. The number of nitrogens with two attached hydrogens (primary N) is 1. The van der Waals surface area contributed by atoms with Crippen molar-refractivity contribution in [2.75, 3.05) is 0 Å². The fourth-order valence-electron chi connectivity index (χ4n) is 2.14. The van der Waals surface area contributed by atoms with Crippen LogP contribution in [-0.2, 0) is 0 Å². The van der Waals surface area contributed by atoms with Gasteiger partial charge in [0.05, 0.1) is 0 Å². The zero-order valence-corrected chi connectivity index (χ0v) is 13.4. The maximum Gasteiger partial charge on any atom is 0.0406 e. The van der Waals surface area contributed by atoms with Gasteiger partial charge < -0.3 is 5.73 Å². The van der Waals surface area contributed by atoms with Gasteiger partial charge in [-0.05, 0) is 48.2 Å². The molecule has 0 amide bonds. The topological polar surface area (TPSA) is 26.0 Å². The van der Waals surface area contributed by atoms with E-state index in [1.54, 1.807) is 11.8 Å². The molecule has 0 spiro atoms. The molecule has 2 aromatic carbocycles. The lowest BCUT2D eigenvalue weighted by Gasteiger charge is -2.18. The molecule has 0 aliphatic heterocycles. The first-order chi connectivity index (χ1) is 9.56. The average Bonchev–Trinajstić information content (AvgIpc) is 2.41. The van der Waals surface area contributed by atoms with Crippen LogP contribution >= 0.6 is 23.4 Å². The number of hydrogen-bond acceptors (Lipinski definition) is 2. The van der Waals surface area contributed by atoms with Gasteiger partial charge in [0, 0.05) is 20.9 Å². The van der Waals surface area contributed by atoms with Gasteiger partial charge in [-0.15, -0.1) is 0 Å². The van der Waals surface area contributed by atoms with E-state index >= 15 is 0 Å². The zero-order valence-electron chi connectivity index (χ0n) is 11.8. The second-order valence-electron chi connectivity index (χ2n) is 5.33. The molecule has 2 N–H and O–H groups in total. The lowest BCUT2D eigenvalue weighted by molar-refractivity contribution is 0.505. The predicted octanol–water partition coefficient (Wildman–Crippen LogP) is 5.54. The zero-order chi connectivity index (χ0) is 14.5. The van der Waals surface area contributed by atoms with Gasteiger partial charge in [0.15, 0.2) is 0 Å². The molecule has 0 radical (unpaired) electrons. The van der Waals surface area contributed by atoms with E-state index in [1.807, 2.05) is 24.3 Å². The molecule has 0 saturated heterocycles. The third-order valence-corrected chi connectivity index (χ3v) is 4.44. The minimum atomic E-state index is 0.0889. The summed E-state index contributed by atoms with van der Waals surface area (Å²) >= 11 is 7.66. The molecule has 0 bridgehead atoms. The van der Waals surface area contributed by atoms with Crippen LogP contribution in [0.1, 0.15) is 31.9 Å². The predicted molar refractivity (Wildman–Crippen MR) is 88.4 cm³/mol. The van der Waals surface area contributed by atoms with Gasteiger partial charge >= 0.3 is 0 Å². The van der Waals surface area contributed by atoms with Crippen LogP contribution in [-0.4, -0.2) is 0 Å². The summed E-state index contributed by atoms with van der Waals surface area (Å²) in [4.78, 5) is 2.40. The third-order valence-electron chi connectivity index (χ3n) is 3.09. The molecule has 1 atom stereocenters. The van der Waals surface area contributed by atoms with Crippen molar-refractivity contribution in [2.24, 2.45) is 11.7 Å². The van der Waals surface area contributed by atoms with Gasteiger partial charge in [-0.1, -0.05) is 55.4 Å². The number of rotatable bonds is 5. The standard InChI is InChI=1S/C17H20ClNS/c1-12(2)11-16(19)15-5-3-4-6-17(15)20-14-9-7-13(18)8-10-14/h3-10,12,16H,11,19H2,1-2H3/t16-/m0/s1. The monoisotopic (exact) mass is 305 g/mol. The Bertz CT molecular complexity index is 551. The summed E-state index contributed by atoms with van der Waals surface area (Å²) in [6.07, 6.45) is 0.998.